The standard InChI is InChI=1S/C33H34N2O3/c1-3-37-32(36)33(18-19-33)28-15-13-24(14-16-28)23-9-11-26(12-10-23)31-30(22(2)35-38-31)34-20-17-27-21-29(27)25-7-5-4-6-8-25/h4-16,27,29,34H,3,17-21H2,1-2H3/t27-,29+/m1/s1. The quantitative estimate of drug-likeness (QED) is 0.225. The second-order valence-electron chi connectivity index (χ2n) is 10.7. The predicted molar refractivity (Wildman–Crippen MR) is 150 cm³/mol. The lowest BCUT2D eigenvalue weighted by Gasteiger charge is -2.14. The van der Waals surface area contributed by atoms with Crippen molar-refractivity contribution in [2.45, 2.75) is 50.9 Å². The van der Waals surface area contributed by atoms with Crippen LogP contribution in [0.15, 0.2) is 83.4 Å². The van der Waals surface area contributed by atoms with Gasteiger partial charge < -0.3 is 14.6 Å². The lowest BCUT2D eigenvalue weighted by Crippen LogP contribution is -2.23. The Morgan fingerprint density at radius 1 is 0.974 bits per heavy atom. The molecule has 2 saturated carbocycles. The number of ether oxygens (including phenoxy) is 1. The van der Waals surface area contributed by atoms with E-state index in [1.807, 2.05) is 13.8 Å². The van der Waals surface area contributed by atoms with Crippen LogP contribution in [0.4, 0.5) is 5.69 Å². The molecule has 0 amide bonds. The third-order valence-electron chi connectivity index (χ3n) is 8.16. The van der Waals surface area contributed by atoms with Gasteiger partial charge in [0.05, 0.1) is 12.0 Å². The zero-order valence-corrected chi connectivity index (χ0v) is 22.1. The molecule has 0 radical (unpaired) electrons. The fourth-order valence-electron chi connectivity index (χ4n) is 5.63. The molecule has 1 N–H and O–H groups in total. The summed E-state index contributed by atoms with van der Waals surface area (Å²) in [7, 11) is 0. The Labute approximate surface area is 224 Å². The molecule has 0 aliphatic heterocycles. The molecule has 0 unspecified atom stereocenters. The normalized spacial score (nSPS) is 19.1. The number of carbonyl (C=O) groups excluding carboxylic acids is 1. The van der Waals surface area contributed by atoms with E-state index in [9.17, 15) is 4.79 Å². The first-order valence-corrected chi connectivity index (χ1v) is 13.7. The fraction of sp³-hybridized carbons (Fsp3) is 0.333. The lowest BCUT2D eigenvalue weighted by atomic mass is 9.93. The van der Waals surface area contributed by atoms with E-state index in [1.54, 1.807) is 0 Å². The van der Waals surface area contributed by atoms with Crippen LogP contribution >= 0.6 is 0 Å². The summed E-state index contributed by atoms with van der Waals surface area (Å²) in [5, 5.41) is 7.84. The van der Waals surface area contributed by atoms with E-state index in [0.29, 0.717) is 12.5 Å². The van der Waals surface area contributed by atoms with Gasteiger partial charge in [-0.15, -0.1) is 0 Å². The van der Waals surface area contributed by atoms with Crippen molar-refractivity contribution in [1.29, 1.82) is 0 Å². The molecule has 2 aliphatic carbocycles. The summed E-state index contributed by atoms with van der Waals surface area (Å²) < 4.78 is 11.0. The SMILES string of the molecule is CCOC(=O)C1(c2ccc(-c3ccc(-c4onc(C)c4NCC[C@@H]4C[C@H]4c4ccccc4)cc3)cc2)CC1. The molecule has 0 saturated heterocycles. The van der Waals surface area contributed by atoms with Crippen LogP contribution in [0.2, 0.25) is 0 Å². The van der Waals surface area contributed by atoms with Gasteiger partial charge in [0.15, 0.2) is 5.76 Å². The molecule has 38 heavy (non-hydrogen) atoms. The van der Waals surface area contributed by atoms with E-state index in [2.05, 4.69) is 89.3 Å². The molecule has 2 fully saturated rings. The van der Waals surface area contributed by atoms with E-state index in [0.717, 1.165) is 71.1 Å². The minimum atomic E-state index is -0.437. The number of aromatic nitrogens is 1. The molecular formula is C33H34N2O3. The minimum Gasteiger partial charge on any atom is -0.465 e. The van der Waals surface area contributed by atoms with Gasteiger partial charge in [0, 0.05) is 12.1 Å². The van der Waals surface area contributed by atoms with Crippen LogP contribution in [0.5, 0.6) is 0 Å². The van der Waals surface area contributed by atoms with Crippen molar-refractivity contribution in [3.05, 3.63) is 95.7 Å². The van der Waals surface area contributed by atoms with Gasteiger partial charge in [-0.3, -0.25) is 4.79 Å². The fourth-order valence-corrected chi connectivity index (χ4v) is 5.63. The molecule has 1 heterocycles. The van der Waals surface area contributed by atoms with Crippen LogP contribution in [0.1, 0.15) is 55.3 Å². The first-order valence-electron chi connectivity index (χ1n) is 13.7. The molecule has 6 rings (SSSR count). The Morgan fingerprint density at radius 3 is 2.29 bits per heavy atom. The van der Waals surface area contributed by atoms with Crippen molar-refractivity contribution >= 4 is 11.7 Å². The van der Waals surface area contributed by atoms with Gasteiger partial charge in [0.25, 0.3) is 0 Å². The minimum absolute atomic E-state index is 0.1000. The molecule has 2 atom stereocenters. The van der Waals surface area contributed by atoms with Gasteiger partial charge in [0.2, 0.25) is 0 Å². The van der Waals surface area contributed by atoms with Gasteiger partial charge in [-0.2, -0.15) is 0 Å². The van der Waals surface area contributed by atoms with Crippen molar-refractivity contribution in [2.24, 2.45) is 5.92 Å². The third-order valence-corrected chi connectivity index (χ3v) is 8.16. The molecular weight excluding hydrogens is 472 g/mol. The van der Waals surface area contributed by atoms with Gasteiger partial charge in [-0.25, -0.2) is 0 Å². The van der Waals surface area contributed by atoms with Crippen molar-refractivity contribution < 1.29 is 14.1 Å². The number of carbonyl (C=O) groups is 1. The van der Waals surface area contributed by atoms with E-state index in [4.69, 9.17) is 9.26 Å². The van der Waals surface area contributed by atoms with Crippen molar-refractivity contribution in [3.63, 3.8) is 0 Å². The third kappa shape index (κ3) is 4.73. The van der Waals surface area contributed by atoms with Gasteiger partial charge in [-0.1, -0.05) is 84.0 Å². The van der Waals surface area contributed by atoms with E-state index >= 15 is 0 Å². The predicted octanol–water partition coefficient (Wildman–Crippen LogP) is 7.52. The number of nitrogens with one attached hydrogen (secondary N) is 1. The van der Waals surface area contributed by atoms with Crippen LogP contribution in [0.25, 0.3) is 22.5 Å². The molecule has 2 aliphatic rings. The number of hydrogen-bond donors (Lipinski definition) is 1. The second-order valence-corrected chi connectivity index (χ2v) is 10.7. The van der Waals surface area contributed by atoms with Crippen LogP contribution in [0, 0.1) is 12.8 Å². The first-order chi connectivity index (χ1) is 18.6. The Bertz CT molecular complexity index is 1400. The summed E-state index contributed by atoms with van der Waals surface area (Å²) >= 11 is 0. The number of nitrogens with zero attached hydrogens (tertiary/aromatic N) is 1. The summed E-state index contributed by atoms with van der Waals surface area (Å²) in [6.45, 7) is 5.16. The summed E-state index contributed by atoms with van der Waals surface area (Å²) in [5.41, 5.74) is 7.16. The highest BCUT2D eigenvalue weighted by Gasteiger charge is 2.52. The largest absolute Gasteiger partial charge is 0.465 e. The number of benzene rings is 3. The Kier molecular flexibility index (Phi) is 6.52. The molecule has 3 aromatic carbocycles. The molecule has 0 bridgehead atoms. The number of esters is 1. The number of rotatable bonds is 10. The van der Waals surface area contributed by atoms with E-state index < -0.39 is 5.41 Å². The average molecular weight is 507 g/mol. The van der Waals surface area contributed by atoms with Crippen LogP contribution in [-0.4, -0.2) is 24.3 Å². The average Bonchev–Trinajstić information content (AvgIpc) is 3.88. The summed E-state index contributed by atoms with van der Waals surface area (Å²) in [4.78, 5) is 12.4. The Hall–Kier alpha value is -3.86. The highest BCUT2D eigenvalue weighted by atomic mass is 16.5. The second kappa shape index (κ2) is 10.1. The molecule has 194 valence electrons. The van der Waals surface area contributed by atoms with E-state index in [1.165, 1.54) is 12.0 Å². The van der Waals surface area contributed by atoms with Crippen LogP contribution in [-0.2, 0) is 14.9 Å². The lowest BCUT2D eigenvalue weighted by molar-refractivity contribution is -0.146. The zero-order valence-electron chi connectivity index (χ0n) is 22.1. The first kappa shape index (κ1) is 24.5. The summed E-state index contributed by atoms with van der Waals surface area (Å²) in [6.07, 6.45) is 4.13. The monoisotopic (exact) mass is 506 g/mol. The number of anilines is 1. The van der Waals surface area contributed by atoms with Gasteiger partial charge >= 0.3 is 5.97 Å². The molecule has 0 spiro atoms. The Balaban J connectivity index is 1.10. The smallest absolute Gasteiger partial charge is 0.316 e. The molecule has 5 nitrogen and oxygen atoms in total. The maximum absolute atomic E-state index is 12.4. The summed E-state index contributed by atoms with van der Waals surface area (Å²) in [5.74, 6) is 2.12. The highest BCUT2D eigenvalue weighted by molar-refractivity contribution is 5.87. The topological polar surface area (TPSA) is 64.4 Å². The maximum atomic E-state index is 12.4. The van der Waals surface area contributed by atoms with Crippen LogP contribution < -0.4 is 5.32 Å². The Morgan fingerprint density at radius 2 is 1.63 bits per heavy atom. The van der Waals surface area contributed by atoms with Crippen molar-refractivity contribution in [3.8, 4) is 22.5 Å². The zero-order chi connectivity index (χ0) is 26.1. The molecule has 1 aromatic heterocycles. The van der Waals surface area contributed by atoms with Crippen LogP contribution in [0.3, 0.4) is 0 Å². The summed E-state index contributed by atoms with van der Waals surface area (Å²) in [6, 6.07) is 27.5. The van der Waals surface area contributed by atoms with E-state index in [-0.39, 0.29) is 5.97 Å². The highest BCUT2D eigenvalue weighted by Crippen LogP contribution is 2.50. The maximum Gasteiger partial charge on any atom is 0.316 e. The molecule has 5 heteroatoms. The van der Waals surface area contributed by atoms with Gasteiger partial charge in [-0.05, 0) is 73.6 Å². The van der Waals surface area contributed by atoms with Crippen molar-refractivity contribution in [1.82, 2.24) is 5.16 Å². The number of aryl methyl sites for hydroxylation is 1. The van der Waals surface area contributed by atoms with Gasteiger partial charge in [0.1, 0.15) is 11.4 Å². The molecule has 4 aromatic rings. The van der Waals surface area contributed by atoms with Crippen molar-refractivity contribution in [2.75, 3.05) is 18.5 Å². The number of hydrogen-bond acceptors (Lipinski definition) is 5.